The zero-order valence-electron chi connectivity index (χ0n) is 18.0. The van der Waals surface area contributed by atoms with Gasteiger partial charge in [0.05, 0.1) is 23.4 Å². The van der Waals surface area contributed by atoms with Gasteiger partial charge in [-0.1, -0.05) is 41.2 Å². The predicted molar refractivity (Wildman–Crippen MR) is 124 cm³/mol. The van der Waals surface area contributed by atoms with Crippen LogP contribution in [0.5, 0.6) is 0 Å². The lowest BCUT2D eigenvalue weighted by molar-refractivity contribution is 0.0376. The number of amides is 1. The van der Waals surface area contributed by atoms with Crippen molar-refractivity contribution in [3.05, 3.63) is 58.7 Å². The van der Waals surface area contributed by atoms with Crippen molar-refractivity contribution in [1.82, 2.24) is 9.88 Å². The molecule has 3 aromatic rings. The van der Waals surface area contributed by atoms with Crippen molar-refractivity contribution < 1.29 is 9.53 Å². The van der Waals surface area contributed by atoms with Crippen LogP contribution >= 0.6 is 11.3 Å². The highest BCUT2D eigenvalue weighted by Crippen LogP contribution is 2.33. The molecule has 2 heterocycles. The second kappa shape index (κ2) is 9.25. The maximum atomic E-state index is 13.5. The van der Waals surface area contributed by atoms with Crippen LogP contribution in [0.4, 0.5) is 5.13 Å². The number of rotatable bonds is 6. The zero-order valence-corrected chi connectivity index (χ0v) is 18.8. The van der Waals surface area contributed by atoms with Gasteiger partial charge >= 0.3 is 0 Å². The maximum absolute atomic E-state index is 13.5. The third kappa shape index (κ3) is 4.56. The number of benzene rings is 2. The van der Waals surface area contributed by atoms with Crippen LogP contribution in [0.3, 0.4) is 0 Å². The molecule has 1 aliphatic heterocycles. The van der Waals surface area contributed by atoms with Crippen molar-refractivity contribution in [1.29, 1.82) is 0 Å². The largest absolute Gasteiger partial charge is 0.379 e. The minimum atomic E-state index is 0.0232. The Labute approximate surface area is 182 Å². The van der Waals surface area contributed by atoms with Gasteiger partial charge in [-0.05, 0) is 50.5 Å². The summed E-state index contributed by atoms with van der Waals surface area (Å²) >= 11 is 1.62. The van der Waals surface area contributed by atoms with Crippen LogP contribution in [0.25, 0.3) is 10.2 Å². The number of hydrogen-bond acceptors (Lipinski definition) is 5. The molecule has 0 N–H and O–H groups in total. The van der Waals surface area contributed by atoms with E-state index < -0.39 is 0 Å². The molecule has 0 unspecified atom stereocenters. The van der Waals surface area contributed by atoms with Gasteiger partial charge < -0.3 is 4.74 Å². The van der Waals surface area contributed by atoms with E-state index in [0.29, 0.717) is 12.1 Å². The predicted octanol–water partition coefficient (Wildman–Crippen LogP) is 4.59. The first-order valence-electron chi connectivity index (χ1n) is 10.6. The molecule has 0 radical (unpaired) electrons. The van der Waals surface area contributed by atoms with Gasteiger partial charge in [-0.3, -0.25) is 14.6 Å². The summed E-state index contributed by atoms with van der Waals surface area (Å²) in [6, 6.07) is 12.1. The van der Waals surface area contributed by atoms with E-state index in [1.54, 1.807) is 11.3 Å². The molecule has 0 saturated carbocycles. The highest BCUT2D eigenvalue weighted by molar-refractivity contribution is 7.22. The molecule has 0 atom stereocenters. The summed E-state index contributed by atoms with van der Waals surface area (Å²) < 4.78 is 6.61. The SMILES string of the molecule is Cc1cccc(C(=O)N(CCCN2CCOCC2)c2nc3c(C)ccc(C)c3s2)c1. The number of aromatic nitrogens is 1. The normalized spacial score (nSPS) is 14.9. The molecule has 6 heteroatoms. The molecule has 1 fully saturated rings. The first kappa shape index (κ1) is 21.0. The molecule has 0 spiro atoms. The van der Waals surface area contributed by atoms with Crippen LogP contribution in [0.15, 0.2) is 36.4 Å². The van der Waals surface area contributed by atoms with Gasteiger partial charge in [0.1, 0.15) is 0 Å². The topological polar surface area (TPSA) is 45.7 Å². The van der Waals surface area contributed by atoms with E-state index in [-0.39, 0.29) is 5.91 Å². The minimum Gasteiger partial charge on any atom is -0.379 e. The molecular weight excluding hydrogens is 394 g/mol. The summed E-state index contributed by atoms with van der Waals surface area (Å²) in [4.78, 5) is 22.7. The van der Waals surface area contributed by atoms with Gasteiger partial charge in [0, 0.05) is 31.7 Å². The van der Waals surface area contributed by atoms with Gasteiger partial charge in [-0.25, -0.2) is 4.98 Å². The van der Waals surface area contributed by atoms with Gasteiger partial charge in [0.25, 0.3) is 5.91 Å². The van der Waals surface area contributed by atoms with Crippen molar-refractivity contribution in [2.24, 2.45) is 0 Å². The Morgan fingerprint density at radius 2 is 1.90 bits per heavy atom. The van der Waals surface area contributed by atoms with Gasteiger partial charge in [-0.2, -0.15) is 0 Å². The first-order valence-corrected chi connectivity index (χ1v) is 11.4. The summed E-state index contributed by atoms with van der Waals surface area (Å²) in [5.41, 5.74) is 5.16. The number of morpholine rings is 1. The molecule has 0 aliphatic carbocycles. The van der Waals surface area contributed by atoms with Gasteiger partial charge in [0.2, 0.25) is 0 Å². The quantitative estimate of drug-likeness (QED) is 0.582. The third-order valence-electron chi connectivity index (χ3n) is 5.63. The number of carbonyl (C=O) groups excluding carboxylic acids is 1. The maximum Gasteiger partial charge on any atom is 0.260 e. The molecule has 1 amide bonds. The number of carbonyl (C=O) groups is 1. The highest BCUT2D eigenvalue weighted by atomic mass is 32.1. The van der Waals surface area contributed by atoms with Crippen LogP contribution in [0.2, 0.25) is 0 Å². The number of hydrogen-bond donors (Lipinski definition) is 0. The summed E-state index contributed by atoms with van der Waals surface area (Å²) in [6.45, 7) is 11.3. The van der Waals surface area contributed by atoms with Crippen LogP contribution in [-0.2, 0) is 4.74 Å². The fraction of sp³-hybridized carbons (Fsp3) is 0.417. The van der Waals surface area contributed by atoms with Gasteiger partial charge in [0.15, 0.2) is 5.13 Å². The lowest BCUT2D eigenvalue weighted by atomic mass is 10.1. The lowest BCUT2D eigenvalue weighted by Crippen LogP contribution is -2.39. The average molecular weight is 424 g/mol. The van der Waals surface area contributed by atoms with Crippen LogP contribution in [-0.4, -0.2) is 55.2 Å². The van der Waals surface area contributed by atoms with E-state index in [1.807, 2.05) is 36.1 Å². The Kier molecular flexibility index (Phi) is 6.46. The molecular formula is C24H29N3O2S. The Morgan fingerprint density at radius 3 is 2.63 bits per heavy atom. The number of thiazole rings is 1. The molecule has 30 heavy (non-hydrogen) atoms. The van der Waals surface area contributed by atoms with E-state index in [0.717, 1.165) is 61.0 Å². The van der Waals surface area contributed by atoms with Crippen molar-refractivity contribution >= 4 is 32.6 Å². The highest BCUT2D eigenvalue weighted by Gasteiger charge is 2.22. The van der Waals surface area contributed by atoms with E-state index in [2.05, 4.69) is 30.9 Å². The molecule has 1 saturated heterocycles. The van der Waals surface area contributed by atoms with Crippen LogP contribution in [0.1, 0.15) is 33.5 Å². The van der Waals surface area contributed by atoms with Gasteiger partial charge in [-0.15, -0.1) is 0 Å². The summed E-state index contributed by atoms with van der Waals surface area (Å²) in [5, 5.41) is 0.788. The fourth-order valence-corrected chi connectivity index (χ4v) is 4.99. The first-order chi connectivity index (χ1) is 14.5. The average Bonchev–Trinajstić information content (AvgIpc) is 3.21. The zero-order chi connectivity index (χ0) is 21.1. The fourth-order valence-electron chi connectivity index (χ4n) is 3.86. The second-order valence-corrected chi connectivity index (χ2v) is 8.98. The molecule has 1 aliphatic rings. The van der Waals surface area contributed by atoms with Crippen molar-refractivity contribution in [3.63, 3.8) is 0 Å². The molecule has 0 bridgehead atoms. The number of aryl methyl sites for hydroxylation is 3. The Bertz CT molecular complexity index is 1000. The molecule has 2 aromatic carbocycles. The molecule has 4 rings (SSSR count). The Balaban J connectivity index is 1.61. The lowest BCUT2D eigenvalue weighted by Gasteiger charge is -2.27. The van der Waals surface area contributed by atoms with E-state index in [1.165, 1.54) is 10.3 Å². The van der Waals surface area contributed by atoms with E-state index in [4.69, 9.17) is 9.72 Å². The number of fused-ring (bicyclic) bond motifs is 1. The molecule has 158 valence electrons. The van der Waals surface area contributed by atoms with Crippen molar-refractivity contribution in [3.8, 4) is 0 Å². The van der Waals surface area contributed by atoms with E-state index in [9.17, 15) is 4.79 Å². The Hall–Kier alpha value is -2.28. The van der Waals surface area contributed by atoms with Crippen LogP contribution in [0, 0.1) is 20.8 Å². The monoisotopic (exact) mass is 423 g/mol. The van der Waals surface area contributed by atoms with E-state index >= 15 is 0 Å². The van der Waals surface area contributed by atoms with Crippen LogP contribution < -0.4 is 4.90 Å². The Morgan fingerprint density at radius 1 is 1.13 bits per heavy atom. The standard InChI is InChI=1S/C24H29N3O2S/c1-17-6-4-7-20(16-17)23(28)27(11-5-10-26-12-14-29-15-13-26)24-25-21-18(2)8-9-19(3)22(21)30-24/h4,6-9,16H,5,10-15H2,1-3H3. The summed E-state index contributed by atoms with van der Waals surface area (Å²) in [6.07, 6.45) is 0.908. The third-order valence-corrected chi connectivity index (χ3v) is 6.85. The number of anilines is 1. The second-order valence-electron chi connectivity index (χ2n) is 8.01. The summed E-state index contributed by atoms with van der Waals surface area (Å²) in [7, 11) is 0. The molecule has 1 aromatic heterocycles. The molecule has 5 nitrogen and oxygen atoms in total. The number of ether oxygens (including phenoxy) is 1. The van der Waals surface area contributed by atoms with Crippen molar-refractivity contribution in [2.75, 3.05) is 44.3 Å². The van der Waals surface area contributed by atoms with Crippen molar-refractivity contribution in [2.45, 2.75) is 27.2 Å². The summed E-state index contributed by atoms with van der Waals surface area (Å²) in [5.74, 6) is 0.0232. The minimum absolute atomic E-state index is 0.0232. The smallest absolute Gasteiger partial charge is 0.260 e. The number of nitrogens with zero attached hydrogens (tertiary/aromatic N) is 3.